The molecule has 4 aromatic carbocycles. The van der Waals surface area contributed by atoms with Crippen LogP contribution >= 0.6 is 0 Å². The molecule has 4 heterocycles. The maximum absolute atomic E-state index is 6.95. The fourth-order valence-corrected chi connectivity index (χ4v) is 14.3. The van der Waals surface area contributed by atoms with Crippen LogP contribution in [0.5, 0.6) is 11.5 Å². The Morgan fingerprint density at radius 1 is 0.500 bits per heavy atom. The smallest absolute Gasteiger partial charge is 2.00 e. The number of fused-ring (bicyclic) bond motifs is 6. The molecule has 0 fully saturated rings. The maximum atomic E-state index is 6.95. The van der Waals surface area contributed by atoms with Crippen molar-refractivity contribution in [2.45, 2.75) is 134 Å². The summed E-state index contributed by atoms with van der Waals surface area (Å²) in [4.78, 5) is 0. The van der Waals surface area contributed by atoms with Crippen molar-refractivity contribution in [1.29, 1.82) is 0 Å². The van der Waals surface area contributed by atoms with Gasteiger partial charge in [0.15, 0.2) is 0 Å². The van der Waals surface area contributed by atoms with Crippen LogP contribution in [0.3, 0.4) is 0 Å². The molecule has 8 heteroatoms. The average molecular weight is 1130 g/mol. The van der Waals surface area contributed by atoms with Crippen molar-refractivity contribution in [3.63, 3.8) is 0 Å². The predicted octanol–water partition coefficient (Wildman–Crippen LogP) is 13.7. The van der Waals surface area contributed by atoms with E-state index in [1.54, 1.807) is 0 Å². The number of nitrogens with zero attached hydrogens (tertiary/aromatic N) is 4. The van der Waals surface area contributed by atoms with Crippen LogP contribution in [-0.4, -0.2) is 49.4 Å². The normalized spacial score (nSPS) is 12.8. The van der Waals surface area contributed by atoms with Gasteiger partial charge >= 0.3 is 399 Å². The summed E-state index contributed by atoms with van der Waals surface area (Å²) in [6, 6.07) is 25.5. The summed E-state index contributed by atoms with van der Waals surface area (Å²) in [5.41, 5.74) is 13.6. The minimum absolute atomic E-state index is 0. The van der Waals surface area contributed by atoms with E-state index in [1.807, 2.05) is 0 Å². The third kappa shape index (κ3) is 9.10. The van der Waals surface area contributed by atoms with Gasteiger partial charge < -0.3 is 0 Å². The van der Waals surface area contributed by atoms with E-state index in [0.717, 1.165) is 57.9 Å². The molecular weight excluding hydrogens is 1070 g/mol. The molecule has 5 nitrogen and oxygen atoms in total. The fourth-order valence-electron chi connectivity index (χ4n) is 8.48. The van der Waals surface area contributed by atoms with Gasteiger partial charge in [0.2, 0.25) is 0 Å². The molecular formula is C54H60N4OPtSe2. The monoisotopic (exact) mass is 1140 g/mol. The van der Waals surface area contributed by atoms with Gasteiger partial charge in [0.05, 0.1) is 0 Å². The van der Waals surface area contributed by atoms with Crippen molar-refractivity contribution in [3.8, 4) is 34.0 Å². The number of rotatable bonds is 6. The van der Waals surface area contributed by atoms with Crippen molar-refractivity contribution in [1.82, 2.24) is 20.4 Å². The minimum atomic E-state index is -0.155. The molecule has 0 radical (unpaired) electrons. The van der Waals surface area contributed by atoms with Gasteiger partial charge in [0, 0.05) is 0 Å². The molecule has 0 saturated heterocycles. The Balaban J connectivity index is 0.00000578. The zero-order valence-corrected chi connectivity index (χ0v) is 45.1. The second-order valence-electron chi connectivity index (χ2n) is 21.7. The van der Waals surface area contributed by atoms with Crippen LogP contribution < -0.4 is 4.74 Å². The molecule has 8 rings (SSSR count). The molecule has 0 saturated carbocycles. The summed E-state index contributed by atoms with van der Waals surface area (Å²) in [5.74, 6) is 1.27. The van der Waals surface area contributed by atoms with E-state index in [-0.39, 0.29) is 71.7 Å². The molecule has 324 valence electrons. The van der Waals surface area contributed by atoms with Crippen LogP contribution in [0, 0.1) is 50.7 Å². The Morgan fingerprint density at radius 3 is 1.21 bits per heavy atom. The number of ether oxygens (including phenoxy) is 1. The molecule has 0 spiro atoms. The molecule has 0 N–H and O–H groups in total. The van der Waals surface area contributed by atoms with Crippen LogP contribution in [0.4, 0.5) is 0 Å². The topological polar surface area (TPSA) is 60.8 Å². The summed E-state index contributed by atoms with van der Waals surface area (Å²) in [5, 5.41) is 24.5. The van der Waals surface area contributed by atoms with E-state index in [4.69, 9.17) is 25.1 Å². The Bertz CT molecular complexity index is 2830. The van der Waals surface area contributed by atoms with E-state index < -0.39 is 0 Å². The molecule has 62 heavy (non-hydrogen) atoms. The molecule has 0 aliphatic heterocycles. The van der Waals surface area contributed by atoms with Crippen LogP contribution in [0.15, 0.2) is 48.5 Å². The molecule has 0 unspecified atom stereocenters. The molecule has 0 amide bonds. The average Bonchev–Trinajstić information content (AvgIpc) is 3.74. The first kappa shape index (κ1) is 46.6. The molecule has 8 aromatic rings. The van der Waals surface area contributed by atoms with Crippen molar-refractivity contribution < 1.29 is 25.8 Å². The standard InChI is InChI=1S/C54H60N4OSe2.Pt/c1-29-33(27-51(5,6)7)17-19-41-43-31(3)55-57-45(49(43)60-47(29)41)35-21-37(53(11,12)13)25-39(23-35)59-40-24-36(22-38(26-40)54(14,15)16)46-50-44(32(4)56-58-46)42-20-18-34(28-52(8,9)10)30(2)48(42)61-50;/h17-22,25-26H,27-28H2,1-16H3;/q-2;+2. The number of hydrogen-bond acceptors (Lipinski definition) is 5. The largest absolute Gasteiger partial charge is 2.00 e. The number of aryl methyl sites for hydroxylation is 4. The third-order valence-electron chi connectivity index (χ3n) is 11.8. The molecule has 4 aromatic heterocycles. The first-order valence-corrected chi connectivity index (χ1v) is 25.0. The SMILES string of the molecule is Cc1c(CC(C)(C)C)ccc2c1[se]c1c(-c3[c-]c(Oc4[c-]c(-c5nnc(C)c6c5[se]c5c(C)c(CC(C)(C)C)ccc56)cc(C(C)(C)C)c4)cc(C(C)(C)C)c3)nnc(C)c12.[Pt+2]. The van der Waals surface area contributed by atoms with Crippen LogP contribution in [0.2, 0.25) is 0 Å². The molecule has 0 aliphatic rings. The van der Waals surface area contributed by atoms with E-state index in [9.17, 15) is 0 Å². The fraction of sp³-hybridized carbons (Fsp3) is 0.407. The van der Waals surface area contributed by atoms with E-state index in [1.165, 1.54) is 60.8 Å². The van der Waals surface area contributed by atoms with Crippen molar-refractivity contribution in [2.24, 2.45) is 10.8 Å². The quantitative estimate of drug-likeness (QED) is 0.123. The van der Waals surface area contributed by atoms with Crippen molar-refractivity contribution in [2.75, 3.05) is 0 Å². The predicted molar refractivity (Wildman–Crippen MR) is 259 cm³/mol. The summed E-state index contributed by atoms with van der Waals surface area (Å²) in [6.07, 6.45) is 2.09. The van der Waals surface area contributed by atoms with Gasteiger partial charge in [0.1, 0.15) is 0 Å². The molecule has 0 aliphatic carbocycles. The molecule has 0 bridgehead atoms. The third-order valence-corrected chi connectivity index (χ3v) is 17.4. The summed E-state index contributed by atoms with van der Waals surface area (Å²) < 4.78 is 12.4. The Morgan fingerprint density at radius 2 is 0.871 bits per heavy atom. The zero-order valence-electron chi connectivity index (χ0n) is 39.4. The van der Waals surface area contributed by atoms with Crippen LogP contribution in [0.25, 0.3) is 61.1 Å². The van der Waals surface area contributed by atoms with Gasteiger partial charge in [-0.25, -0.2) is 0 Å². The minimum Gasteiger partial charge on any atom is 2.00 e. The van der Waals surface area contributed by atoms with E-state index in [2.05, 4.69) is 171 Å². The second kappa shape index (κ2) is 16.5. The van der Waals surface area contributed by atoms with Gasteiger partial charge in [-0.05, 0) is 0 Å². The molecule has 0 atom stereocenters. The first-order valence-electron chi connectivity index (χ1n) is 21.6. The number of hydrogen-bond donors (Lipinski definition) is 0. The van der Waals surface area contributed by atoms with Crippen molar-refractivity contribution in [3.05, 3.63) is 105 Å². The summed E-state index contributed by atoms with van der Waals surface area (Å²) >= 11 is 0.135. The number of benzene rings is 4. The first-order chi connectivity index (χ1) is 28.4. The Hall–Kier alpha value is -3.43. The second-order valence-corrected chi connectivity index (χ2v) is 26.0. The maximum Gasteiger partial charge on any atom is 2.00 e. The van der Waals surface area contributed by atoms with Crippen LogP contribution in [-0.2, 0) is 44.7 Å². The summed E-state index contributed by atoms with van der Waals surface area (Å²) in [7, 11) is 0. The van der Waals surface area contributed by atoms with Gasteiger partial charge in [-0.15, -0.1) is 0 Å². The van der Waals surface area contributed by atoms with Gasteiger partial charge in [0.25, 0.3) is 0 Å². The van der Waals surface area contributed by atoms with Gasteiger partial charge in [-0.3, -0.25) is 0 Å². The zero-order chi connectivity index (χ0) is 44.1. The van der Waals surface area contributed by atoms with Crippen LogP contribution in [0.1, 0.15) is 128 Å². The van der Waals surface area contributed by atoms with Gasteiger partial charge in [-0.2, -0.15) is 0 Å². The Labute approximate surface area is 395 Å². The van der Waals surface area contributed by atoms with E-state index in [0.29, 0.717) is 11.5 Å². The van der Waals surface area contributed by atoms with E-state index >= 15 is 0 Å². The van der Waals surface area contributed by atoms with Gasteiger partial charge in [-0.1, -0.05) is 0 Å². The summed E-state index contributed by atoms with van der Waals surface area (Å²) in [6.45, 7) is 36.2. The Kier molecular flexibility index (Phi) is 12.4. The number of aromatic nitrogens is 4. The van der Waals surface area contributed by atoms with Crippen molar-refractivity contribution >= 4 is 67.6 Å².